The minimum Gasteiger partial charge on any atom is -0.395 e. The maximum atomic E-state index is 11.0. The summed E-state index contributed by atoms with van der Waals surface area (Å²) in [4.78, 5) is 24.0. The Morgan fingerprint density at radius 2 is 2.25 bits per heavy atom. The Bertz CT molecular complexity index is 377. The maximum absolute atomic E-state index is 11.0. The van der Waals surface area contributed by atoms with Gasteiger partial charge in [-0.15, -0.1) is 0 Å². The van der Waals surface area contributed by atoms with E-state index in [9.17, 15) is 9.59 Å². The molecule has 0 atom stereocenters. The third kappa shape index (κ3) is 1.62. The molecular weight excluding hydrogens is 160 g/mol. The van der Waals surface area contributed by atoms with Crippen molar-refractivity contribution < 1.29 is 5.11 Å². The molecule has 66 valence electrons. The zero-order valence-corrected chi connectivity index (χ0v) is 6.70. The summed E-state index contributed by atoms with van der Waals surface area (Å²) in [6, 6.07) is 0. The molecular formula is C7H10N2O3. The van der Waals surface area contributed by atoms with Crippen molar-refractivity contribution in [3.8, 4) is 0 Å². The monoisotopic (exact) mass is 170 g/mol. The lowest BCUT2D eigenvalue weighted by Gasteiger charge is -2.01. The molecule has 1 aromatic rings. The fourth-order valence-corrected chi connectivity index (χ4v) is 0.892. The third-order valence-corrected chi connectivity index (χ3v) is 1.53. The molecule has 0 amide bonds. The van der Waals surface area contributed by atoms with Gasteiger partial charge < -0.3 is 5.11 Å². The summed E-state index contributed by atoms with van der Waals surface area (Å²) >= 11 is 0. The summed E-state index contributed by atoms with van der Waals surface area (Å²) in [7, 11) is 0. The van der Waals surface area contributed by atoms with E-state index in [4.69, 9.17) is 5.11 Å². The quantitative estimate of drug-likeness (QED) is 0.587. The van der Waals surface area contributed by atoms with E-state index in [1.807, 2.05) is 0 Å². The number of aliphatic hydroxyl groups is 1. The zero-order valence-electron chi connectivity index (χ0n) is 6.70. The Morgan fingerprint density at radius 1 is 1.58 bits per heavy atom. The molecule has 0 aliphatic heterocycles. The van der Waals surface area contributed by atoms with Gasteiger partial charge in [0.15, 0.2) is 0 Å². The van der Waals surface area contributed by atoms with Crippen LogP contribution in [0.25, 0.3) is 0 Å². The Kier molecular flexibility index (Phi) is 2.44. The van der Waals surface area contributed by atoms with Crippen LogP contribution in [0.15, 0.2) is 15.8 Å². The molecule has 2 N–H and O–H groups in total. The van der Waals surface area contributed by atoms with Gasteiger partial charge in [0.2, 0.25) is 0 Å². The minimum atomic E-state index is -0.486. The number of nitrogens with zero attached hydrogens (tertiary/aromatic N) is 1. The first kappa shape index (κ1) is 8.73. The first-order valence-electron chi connectivity index (χ1n) is 3.56. The van der Waals surface area contributed by atoms with E-state index in [1.165, 1.54) is 10.8 Å². The fraction of sp³-hybridized carbons (Fsp3) is 0.429. The lowest BCUT2D eigenvalue weighted by atomic mass is 10.4. The van der Waals surface area contributed by atoms with Gasteiger partial charge >= 0.3 is 5.69 Å². The van der Waals surface area contributed by atoms with E-state index < -0.39 is 5.69 Å². The van der Waals surface area contributed by atoms with Gasteiger partial charge in [0.25, 0.3) is 5.56 Å². The number of hydrogen-bond donors (Lipinski definition) is 2. The van der Waals surface area contributed by atoms with Crippen LogP contribution in [0, 0.1) is 6.92 Å². The smallest absolute Gasteiger partial charge is 0.328 e. The van der Waals surface area contributed by atoms with Crippen LogP contribution in [0.4, 0.5) is 0 Å². The molecule has 0 radical (unpaired) electrons. The summed E-state index contributed by atoms with van der Waals surface area (Å²) in [6.07, 6.45) is 1.43. The first-order valence-corrected chi connectivity index (χ1v) is 3.56. The molecule has 0 bridgehead atoms. The van der Waals surface area contributed by atoms with Crippen LogP contribution in [0.2, 0.25) is 0 Å². The molecule has 5 heteroatoms. The van der Waals surface area contributed by atoms with E-state index in [1.54, 1.807) is 6.92 Å². The molecule has 5 nitrogen and oxygen atoms in total. The predicted molar refractivity (Wildman–Crippen MR) is 43.1 cm³/mol. The molecule has 0 unspecified atom stereocenters. The first-order chi connectivity index (χ1) is 5.65. The van der Waals surface area contributed by atoms with Crippen LogP contribution < -0.4 is 11.2 Å². The molecule has 0 spiro atoms. The van der Waals surface area contributed by atoms with Crippen LogP contribution in [0.3, 0.4) is 0 Å². The second kappa shape index (κ2) is 3.36. The number of aromatic nitrogens is 2. The lowest BCUT2D eigenvalue weighted by Crippen LogP contribution is -2.31. The van der Waals surface area contributed by atoms with Crippen molar-refractivity contribution >= 4 is 0 Å². The molecule has 0 aliphatic rings. The summed E-state index contributed by atoms with van der Waals surface area (Å²) in [5.74, 6) is 0. The topological polar surface area (TPSA) is 75.1 Å². The molecule has 0 saturated carbocycles. The maximum Gasteiger partial charge on any atom is 0.328 e. The van der Waals surface area contributed by atoms with Crippen molar-refractivity contribution in [2.45, 2.75) is 13.5 Å². The number of hydrogen-bond acceptors (Lipinski definition) is 3. The third-order valence-electron chi connectivity index (χ3n) is 1.53. The molecule has 1 aromatic heterocycles. The van der Waals surface area contributed by atoms with E-state index in [-0.39, 0.29) is 18.7 Å². The largest absolute Gasteiger partial charge is 0.395 e. The lowest BCUT2D eigenvalue weighted by molar-refractivity contribution is 0.273. The van der Waals surface area contributed by atoms with Gasteiger partial charge in [-0.2, -0.15) is 0 Å². The van der Waals surface area contributed by atoms with Crippen molar-refractivity contribution in [1.82, 2.24) is 9.55 Å². The number of aliphatic hydroxyl groups excluding tert-OH is 1. The van der Waals surface area contributed by atoms with Gasteiger partial charge in [-0.1, -0.05) is 0 Å². The number of aromatic amines is 1. The Balaban J connectivity index is 3.24. The Hall–Kier alpha value is -1.36. The van der Waals surface area contributed by atoms with Crippen LogP contribution in [0.1, 0.15) is 5.56 Å². The van der Waals surface area contributed by atoms with Crippen LogP contribution in [-0.2, 0) is 6.54 Å². The van der Waals surface area contributed by atoms with Gasteiger partial charge in [-0.25, -0.2) is 4.79 Å². The van der Waals surface area contributed by atoms with Gasteiger partial charge in [0.05, 0.1) is 13.2 Å². The average Bonchev–Trinajstić information content (AvgIpc) is 2.01. The normalized spacial score (nSPS) is 10.2. The average molecular weight is 170 g/mol. The predicted octanol–water partition coefficient (Wildman–Crippen LogP) is -1.16. The molecule has 0 aliphatic carbocycles. The number of aryl methyl sites for hydroxylation is 1. The molecule has 12 heavy (non-hydrogen) atoms. The van der Waals surface area contributed by atoms with E-state index >= 15 is 0 Å². The molecule has 0 aromatic carbocycles. The van der Waals surface area contributed by atoms with Crippen molar-refractivity contribution in [3.05, 3.63) is 32.6 Å². The van der Waals surface area contributed by atoms with Crippen LogP contribution in [-0.4, -0.2) is 21.3 Å². The summed E-state index contributed by atoms with van der Waals surface area (Å²) < 4.78 is 1.26. The zero-order chi connectivity index (χ0) is 9.14. The van der Waals surface area contributed by atoms with Gasteiger partial charge in [0.1, 0.15) is 0 Å². The molecule has 0 saturated heterocycles. The van der Waals surface area contributed by atoms with Crippen LogP contribution >= 0.6 is 0 Å². The SMILES string of the molecule is Cc1cn(CCO)c(=O)[nH]c1=O. The van der Waals surface area contributed by atoms with E-state index in [0.717, 1.165) is 0 Å². The van der Waals surface area contributed by atoms with E-state index in [0.29, 0.717) is 5.56 Å². The van der Waals surface area contributed by atoms with E-state index in [2.05, 4.69) is 4.98 Å². The highest BCUT2D eigenvalue weighted by atomic mass is 16.3. The number of nitrogens with one attached hydrogen (secondary N) is 1. The number of H-pyrrole nitrogens is 1. The van der Waals surface area contributed by atoms with Crippen LogP contribution in [0.5, 0.6) is 0 Å². The van der Waals surface area contributed by atoms with Crippen molar-refractivity contribution in [1.29, 1.82) is 0 Å². The second-order valence-corrected chi connectivity index (χ2v) is 2.49. The Labute approximate surface area is 68.3 Å². The summed E-state index contributed by atoms with van der Waals surface area (Å²) in [6.45, 7) is 1.69. The number of rotatable bonds is 2. The Morgan fingerprint density at radius 3 is 2.83 bits per heavy atom. The second-order valence-electron chi connectivity index (χ2n) is 2.49. The minimum absolute atomic E-state index is 0.120. The summed E-state index contributed by atoms with van der Waals surface area (Å²) in [5.41, 5.74) is -0.406. The molecule has 0 fully saturated rings. The molecule has 1 heterocycles. The highest BCUT2D eigenvalue weighted by Crippen LogP contribution is 1.82. The highest BCUT2D eigenvalue weighted by Gasteiger charge is 1.98. The highest BCUT2D eigenvalue weighted by molar-refractivity contribution is 5.00. The molecule has 1 rings (SSSR count). The van der Waals surface area contributed by atoms with Gasteiger partial charge in [-0.05, 0) is 6.92 Å². The van der Waals surface area contributed by atoms with Gasteiger partial charge in [-0.3, -0.25) is 14.3 Å². The van der Waals surface area contributed by atoms with Crippen molar-refractivity contribution in [3.63, 3.8) is 0 Å². The van der Waals surface area contributed by atoms with Crippen molar-refractivity contribution in [2.24, 2.45) is 0 Å². The van der Waals surface area contributed by atoms with Crippen molar-refractivity contribution in [2.75, 3.05) is 6.61 Å². The van der Waals surface area contributed by atoms with Gasteiger partial charge in [0, 0.05) is 11.8 Å². The fourth-order valence-electron chi connectivity index (χ4n) is 0.892. The summed E-state index contributed by atoms with van der Waals surface area (Å²) in [5, 5.41) is 8.55. The standard InChI is InChI=1S/C7H10N2O3/c1-5-4-9(2-3-10)7(12)8-6(5)11/h4,10H,2-3H2,1H3,(H,8,11,12).